The molecule has 0 aliphatic rings. The van der Waals surface area contributed by atoms with Crippen LogP contribution in [0.4, 0.5) is 5.69 Å². The van der Waals surface area contributed by atoms with E-state index in [2.05, 4.69) is 20.9 Å². The number of guanidine groups is 1. The molecule has 1 amide bonds. The molecule has 0 aliphatic heterocycles. The summed E-state index contributed by atoms with van der Waals surface area (Å²) in [7, 11) is 5.15. The highest BCUT2D eigenvalue weighted by Gasteiger charge is 2.05. The standard InChI is InChI=1S/C17H29N5O2.HI/c1-5-18-17(21-13-16(23)22(2)3)20-12-14-6-8-15(9-7-14)19-10-11-24-4;/h6-9,19H,5,10-13H2,1-4H3,(H2,18,20,21);1H. The quantitative estimate of drug-likeness (QED) is 0.224. The molecule has 0 unspecified atom stereocenters. The summed E-state index contributed by atoms with van der Waals surface area (Å²) in [6, 6.07) is 8.12. The number of anilines is 1. The summed E-state index contributed by atoms with van der Waals surface area (Å²) in [5.74, 6) is 0.641. The number of carbonyl (C=O) groups excluding carboxylic acids is 1. The lowest BCUT2D eigenvalue weighted by Crippen LogP contribution is -2.42. The number of benzene rings is 1. The first-order valence-corrected chi connectivity index (χ1v) is 8.11. The van der Waals surface area contributed by atoms with E-state index in [4.69, 9.17) is 4.74 Å². The number of methoxy groups -OCH3 is 1. The Bertz CT molecular complexity index is 520. The van der Waals surface area contributed by atoms with E-state index in [1.54, 1.807) is 26.1 Å². The van der Waals surface area contributed by atoms with Crippen molar-refractivity contribution in [1.29, 1.82) is 0 Å². The first-order chi connectivity index (χ1) is 11.6. The summed E-state index contributed by atoms with van der Waals surface area (Å²) >= 11 is 0. The van der Waals surface area contributed by atoms with Crippen LogP contribution in [0.2, 0.25) is 0 Å². The van der Waals surface area contributed by atoms with Crippen LogP contribution < -0.4 is 16.0 Å². The monoisotopic (exact) mass is 463 g/mol. The number of halogens is 1. The summed E-state index contributed by atoms with van der Waals surface area (Å²) in [6.07, 6.45) is 0. The highest BCUT2D eigenvalue weighted by atomic mass is 127. The van der Waals surface area contributed by atoms with Gasteiger partial charge in [-0.05, 0) is 24.6 Å². The van der Waals surface area contributed by atoms with Gasteiger partial charge in [0.2, 0.25) is 5.91 Å². The third-order valence-electron chi connectivity index (χ3n) is 3.26. The highest BCUT2D eigenvalue weighted by molar-refractivity contribution is 14.0. The maximum atomic E-state index is 11.6. The number of hydrogen-bond donors (Lipinski definition) is 3. The van der Waals surface area contributed by atoms with E-state index in [1.807, 2.05) is 31.2 Å². The van der Waals surface area contributed by atoms with Crippen LogP contribution in [0.5, 0.6) is 0 Å². The third kappa shape index (κ3) is 10.1. The second-order valence-corrected chi connectivity index (χ2v) is 5.45. The zero-order valence-electron chi connectivity index (χ0n) is 15.5. The number of carbonyl (C=O) groups is 1. The Morgan fingerprint density at radius 1 is 1.20 bits per heavy atom. The number of hydrogen-bond acceptors (Lipinski definition) is 4. The van der Waals surface area contributed by atoms with Gasteiger partial charge in [0.15, 0.2) is 5.96 Å². The number of rotatable bonds is 9. The number of nitrogens with one attached hydrogen (secondary N) is 3. The smallest absolute Gasteiger partial charge is 0.241 e. The fraction of sp³-hybridized carbons (Fsp3) is 0.529. The number of amides is 1. The highest BCUT2D eigenvalue weighted by Crippen LogP contribution is 2.10. The largest absolute Gasteiger partial charge is 0.383 e. The molecular weight excluding hydrogens is 433 g/mol. The fourth-order valence-corrected chi connectivity index (χ4v) is 1.85. The van der Waals surface area contributed by atoms with Gasteiger partial charge in [0.1, 0.15) is 0 Å². The predicted octanol–water partition coefficient (Wildman–Crippen LogP) is 1.51. The maximum Gasteiger partial charge on any atom is 0.241 e. The zero-order chi connectivity index (χ0) is 17.8. The molecule has 0 radical (unpaired) electrons. The molecule has 0 spiro atoms. The molecule has 0 bridgehead atoms. The minimum absolute atomic E-state index is 0. The van der Waals surface area contributed by atoms with Gasteiger partial charge in [0, 0.05) is 40.0 Å². The molecule has 1 aromatic rings. The van der Waals surface area contributed by atoms with Crippen LogP contribution >= 0.6 is 24.0 Å². The molecule has 0 heterocycles. The van der Waals surface area contributed by atoms with Crippen molar-refractivity contribution in [1.82, 2.24) is 15.5 Å². The van der Waals surface area contributed by atoms with E-state index in [1.165, 1.54) is 0 Å². The molecule has 1 rings (SSSR count). The summed E-state index contributed by atoms with van der Waals surface area (Å²) in [6.45, 7) is 4.96. The van der Waals surface area contributed by atoms with Crippen LogP contribution in [0.25, 0.3) is 0 Å². The number of likely N-dealkylation sites (N-methyl/N-ethyl adjacent to an activating group) is 1. The van der Waals surface area contributed by atoms with Crippen LogP contribution in [0, 0.1) is 0 Å². The Morgan fingerprint density at radius 2 is 1.88 bits per heavy atom. The Labute approximate surface area is 167 Å². The van der Waals surface area contributed by atoms with Gasteiger partial charge in [0.05, 0.1) is 19.7 Å². The molecule has 8 heteroatoms. The lowest BCUT2D eigenvalue weighted by atomic mass is 10.2. The van der Waals surface area contributed by atoms with Gasteiger partial charge < -0.3 is 25.6 Å². The Morgan fingerprint density at radius 3 is 2.44 bits per heavy atom. The van der Waals surface area contributed by atoms with E-state index >= 15 is 0 Å². The molecular formula is C17H30IN5O2. The lowest BCUT2D eigenvalue weighted by Gasteiger charge is -2.14. The summed E-state index contributed by atoms with van der Waals surface area (Å²) < 4.78 is 5.01. The van der Waals surface area contributed by atoms with Gasteiger partial charge >= 0.3 is 0 Å². The molecule has 0 aromatic heterocycles. The van der Waals surface area contributed by atoms with Crippen molar-refractivity contribution in [3.63, 3.8) is 0 Å². The SMILES string of the molecule is CCNC(=NCc1ccc(NCCOC)cc1)NCC(=O)N(C)C.I. The zero-order valence-corrected chi connectivity index (χ0v) is 17.8. The molecule has 142 valence electrons. The second-order valence-electron chi connectivity index (χ2n) is 5.45. The van der Waals surface area contributed by atoms with Crippen molar-refractivity contribution in [2.24, 2.45) is 4.99 Å². The first-order valence-electron chi connectivity index (χ1n) is 8.11. The lowest BCUT2D eigenvalue weighted by molar-refractivity contribution is -0.127. The van der Waals surface area contributed by atoms with Gasteiger partial charge in [-0.1, -0.05) is 12.1 Å². The summed E-state index contributed by atoms with van der Waals surface area (Å²) in [4.78, 5) is 17.7. The van der Waals surface area contributed by atoms with E-state index in [9.17, 15) is 4.79 Å². The minimum atomic E-state index is 0. The Hall–Kier alpha value is -1.55. The molecule has 0 saturated carbocycles. The van der Waals surface area contributed by atoms with Crippen LogP contribution in [-0.4, -0.2) is 64.2 Å². The van der Waals surface area contributed by atoms with Gasteiger partial charge in [-0.25, -0.2) is 4.99 Å². The van der Waals surface area contributed by atoms with E-state index in [-0.39, 0.29) is 36.4 Å². The fourth-order valence-electron chi connectivity index (χ4n) is 1.85. The molecule has 0 saturated heterocycles. The van der Waals surface area contributed by atoms with Crippen molar-refractivity contribution in [2.45, 2.75) is 13.5 Å². The average molecular weight is 463 g/mol. The maximum absolute atomic E-state index is 11.6. The summed E-state index contributed by atoms with van der Waals surface area (Å²) in [5, 5.41) is 9.45. The molecule has 25 heavy (non-hydrogen) atoms. The summed E-state index contributed by atoms with van der Waals surface area (Å²) in [5.41, 5.74) is 2.16. The molecule has 3 N–H and O–H groups in total. The van der Waals surface area contributed by atoms with Crippen LogP contribution in [0.3, 0.4) is 0 Å². The number of aliphatic imine (C=N–C) groups is 1. The molecule has 7 nitrogen and oxygen atoms in total. The van der Waals surface area contributed by atoms with Crippen LogP contribution in [0.15, 0.2) is 29.3 Å². The number of ether oxygens (including phenoxy) is 1. The van der Waals surface area contributed by atoms with Crippen molar-refractivity contribution in [3.8, 4) is 0 Å². The van der Waals surface area contributed by atoms with E-state index < -0.39 is 0 Å². The van der Waals surface area contributed by atoms with Crippen LogP contribution in [-0.2, 0) is 16.1 Å². The molecule has 1 aromatic carbocycles. The second kappa shape index (κ2) is 13.7. The Balaban J connectivity index is 0.00000576. The van der Waals surface area contributed by atoms with Crippen molar-refractivity contribution in [2.75, 3.05) is 52.8 Å². The Kier molecular flexibility index (Phi) is 12.9. The van der Waals surface area contributed by atoms with Gasteiger partial charge in [-0.2, -0.15) is 0 Å². The normalized spacial score (nSPS) is 10.6. The van der Waals surface area contributed by atoms with E-state index in [0.29, 0.717) is 19.1 Å². The van der Waals surface area contributed by atoms with Crippen molar-refractivity contribution < 1.29 is 9.53 Å². The molecule has 0 fully saturated rings. The topological polar surface area (TPSA) is 78.0 Å². The molecule has 0 atom stereocenters. The predicted molar refractivity (Wildman–Crippen MR) is 114 cm³/mol. The molecule has 0 aliphatic carbocycles. The van der Waals surface area contributed by atoms with Crippen LogP contribution in [0.1, 0.15) is 12.5 Å². The third-order valence-corrected chi connectivity index (χ3v) is 3.26. The average Bonchev–Trinajstić information content (AvgIpc) is 2.58. The minimum Gasteiger partial charge on any atom is -0.383 e. The van der Waals surface area contributed by atoms with Crippen molar-refractivity contribution in [3.05, 3.63) is 29.8 Å². The first kappa shape index (κ1) is 23.4. The van der Waals surface area contributed by atoms with Gasteiger partial charge in [0.25, 0.3) is 0 Å². The van der Waals surface area contributed by atoms with Crippen molar-refractivity contribution >= 4 is 41.5 Å². The van der Waals surface area contributed by atoms with E-state index in [0.717, 1.165) is 24.3 Å². The number of nitrogens with zero attached hydrogens (tertiary/aromatic N) is 2. The van der Waals surface area contributed by atoms with Gasteiger partial charge in [-0.3, -0.25) is 4.79 Å². The van der Waals surface area contributed by atoms with Gasteiger partial charge in [-0.15, -0.1) is 24.0 Å².